The Kier molecular flexibility index (Phi) is 3.33. The number of carbonyl (C=O) groups excluding carboxylic acids is 1. The van der Waals surface area contributed by atoms with Crippen LogP contribution in [0.4, 0.5) is 0 Å². The van der Waals surface area contributed by atoms with Crippen molar-refractivity contribution in [2.75, 3.05) is 0 Å². The van der Waals surface area contributed by atoms with Crippen LogP contribution in [0.3, 0.4) is 0 Å². The van der Waals surface area contributed by atoms with Crippen LogP contribution in [0, 0.1) is 28.6 Å². The Labute approximate surface area is 144 Å². The predicted octanol–water partition coefficient (Wildman–Crippen LogP) is 5.01. The fraction of sp³-hybridized carbons (Fsp3) is 0.667. The SMILES string of the molecule is CC=C1CC[C@H]2[C@@H]3CCC4=CC(=O)C(O)=C(O)[C@]4(C)[C@H]3CC[C@]12C. The van der Waals surface area contributed by atoms with Gasteiger partial charge in [-0.1, -0.05) is 24.1 Å². The Morgan fingerprint density at radius 2 is 1.88 bits per heavy atom. The molecular formula is C21H28O3. The highest BCUT2D eigenvalue weighted by Gasteiger charge is 2.59. The number of allylic oxidation sites excluding steroid dienone is 4. The number of rotatable bonds is 0. The molecule has 0 aromatic rings. The van der Waals surface area contributed by atoms with Gasteiger partial charge < -0.3 is 10.2 Å². The summed E-state index contributed by atoms with van der Waals surface area (Å²) in [4.78, 5) is 11.9. The molecule has 0 saturated heterocycles. The van der Waals surface area contributed by atoms with E-state index in [1.54, 1.807) is 11.6 Å². The summed E-state index contributed by atoms with van der Waals surface area (Å²) in [6.07, 6.45) is 10.5. The number of carbonyl (C=O) groups is 1. The van der Waals surface area contributed by atoms with Gasteiger partial charge in [-0.15, -0.1) is 0 Å². The maximum Gasteiger partial charge on any atom is 0.223 e. The fourth-order valence-electron chi connectivity index (χ4n) is 6.69. The summed E-state index contributed by atoms with van der Waals surface area (Å²) in [6, 6.07) is 0. The Balaban J connectivity index is 1.77. The molecule has 0 aromatic heterocycles. The first-order valence-electron chi connectivity index (χ1n) is 9.37. The summed E-state index contributed by atoms with van der Waals surface area (Å²) in [5, 5.41) is 20.8. The minimum absolute atomic E-state index is 0.0763. The van der Waals surface area contributed by atoms with E-state index in [1.807, 2.05) is 6.92 Å². The number of hydrogen-bond donors (Lipinski definition) is 2. The fourth-order valence-corrected chi connectivity index (χ4v) is 6.69. The molecule has 0 amide bonds. The van der Waals surface area contributed by atoms with E-state index in [0.29, 0.717) is 23.2 Å². The lowest BCUT2D eigenvalue weighted by Crippen LogP contribution is -2.50. The maximum absolute atomic E-state index is 11.9. The molecule has 130 valence electrons. The van der Waals surface area contributed by atoms with Gasteiger partial charge in [0.2, 0.25) is 11.5 Å². The lowest BCUT2D eigenvalue weighted by molar-refractivity contribution is -0.115. The van der Waals surface area contributed by atoms with Crippen molar-refractivity contribution < 1.29 is 15.0 Å². The lowest BCUT2D eigenvalue weighted by atomic mass is 9.47. The molecule has 2 N–H and O–H groups in total. The second-order valence-electron chi connectivity index (χ2n) is 8.66. The van der Waals surface area contributed by atoms with Gasteiger partial charge in [-0.3, -0.25) is 4.79 Å². The number of aliphatic hydroxyl groups excluding tert-OH is 2. The van der Waals surface area contributed by atoms with Crippen molar-refractivity contribution in [2.45, 2.75) is 59.3 Å². The van der Waals surface area contributed by atoms with Crippen molar-refractivity contribution in [3.05, 3.63) is 34.8 Å². The molecule has 0 aromatic carbocycles. The second-order valence-corrected chi connectivity index (χ2v) is 8.66. The second kappa shape index (κ2) is 5.00. The first kappa shape index (κ1) is 16.0. The summed E-state index contributed by atoms with van der Waals surface area (Å²) >= 11 is 0. The Morgan fingerprint density at radius 1 is 1.12 bits per heavy atom. The summed E-state index contributed by atoms with van der Waals surface area (Å²) in [5.41, 5.74) is 2.39. The van der Waals surface area contributed by atoms with Crippen molar-refractivity contribution in [1.82, 2.24) is 0 Å². The van der Waals surface area contributed by atoms with E-state index in [2.05, 4.69) is 19.9 Å². The lowest BCUT2D eigenvalue weighted by Gasteiger charge is -2.56. The third-order valence-corrected chi connectivity index (χ3v) is 8.04. The molecule has 0 bridgehead atoms. The molecule has 0 heterocycles. The molecule has 24 heavy (non-hydrogen) atoms. The van der Waals surface area contributed by atoms with Gasteiger partial charge in [-0.2, -0.15) is 0 Å². The quantitative estimate of drug-likeness (QED) is 0.614. The van der Waals surface area contributed by atoms with Gasteiger partial charge in [0.25, 0.3) is 0 Å². The molecular weight excluding hydrogens is 300 g/mol. The van der Waals surface area contributed by atoms with Crippen molar-refractivity contribution in [2.24, 2.45) is 28.6 Å². The number of ketones is 1. The smallest absolute Gasteiger partial charge is 0.223 e. The maximum atomic E-state index is 11.9. The Hall–Kier alpha value is -1.51. The van der Waals surface area contributed by atoms with Crippen LogP contribution >= 0.6 is 0 Å². The zero-order valence-electron chi connectivity index (χ0n) is 14.9. The molecule has 5 atom stereocenters. The van der Waals surface area contributed by atoms with E-state index < -0.39 is 17.0 Å². The average molecular weight is 328 g/mol. The Bertz CT molecular complexity index is 698. The summed E-state index contributed by atoms with van der Waals surface area (Å²) in [7, 11) is 0. The van der Waals surface area contributed by atoms with Crippen LogP contribution in [0.15, 0.2) is 34.8 Å². The minimum Gasteiger partial charge on any atom is -0.507 e. The highest BCUT2D eigenvalue weighted by Crippen LogP contribution is 2.66. The zero-order chi connectivity index (χ0) is 17.3. The standard InChI is InChI=1S/C21H28O3/c1-4-12-6-8-15-14-7-5-13-11-17(22)18(23)19(24)21(13,3)16(14)9-10-20(12,15)2/h4,11,14-16,23-24H,5-10H2,1-3H3/t14-,15-,16-,20+,21-/m0/s1. The van der Waals surface area contributed by atoms with Gasteiger partial charge in [0.15, 0.2) is 0 Å². The van der Waals surface area contributed by atoms with Gasteiger partial charge in [0.05, 0.1) is 5.41 Å². The predicted molar refractivity (Wildman–Crippen MR) is 93.5 cm³/mol. The molecule has 3 fully saturated rings. The number of aliphatic hydroxyl groups is 2. The minimum atomic E-state index is -0.555. The molecule has 3 nitrogen and oxygen atoms in total. The van der Waals surface area contributed by atoms with Gasteiger partial charge in [0.1, 0.15) is 5.76 Å². The number of fused-ring (bicyclic) bond motifs is 5. The monoisotopic (exact) mass is 328 g/mol. The third kappa shape index (κ3) is 1.76. The van der Waals surface area contributed by atoms with Crippen molar-refractivity contribution in [3.8, 4) is 0 Å². The topological polar surface area (TPSA) is 57.5 Å². The molecule has 0 aliphatic heterocycles. The van der Waals surface area contributed by atoms with E-state index in [1.165, 1.54) is 12.8 Å². The third-order valence-electron chi connectivity index (χ3n) is 8.04. The molecule has 4 rings (SSSR count). The van der Waals surface area contributed by atoms with Crippen LogP contribution in [0.25, 0.3) is 0 Å². The normalized spacial score (nSPS) is 46.5. The van der Waals surface area contributed by atoms with Crippen LogP contribution in [-0.2, 0) is 4.79 Å². The van der Waals surface area contributed by atoms with Gasteiger partial charge in [-0.05, 0) is 81.6 Å². The largest absolute Gasteiger partial charge is 0.507 e. The van der Waals surface area contributed by atoms with Crippen LogP contribution in [-0.4, -0.2) is 16.0 Å². The van der Waals surface area contributed by atoms with Gasteiger partial charge >= 0.3 is 0 Å². The molecule has 0 unspecified atom stereocenters. The van der Waals surface area contributed by atoms with Crippen LogP contribution in [0.2, 0.25) is 0 Å². The van der Waals surface area contributed by atoms with Crippen molar-refractivity contribution in [1.29, 1.82) is 0 Å². The first-order valence-corrected chi connectivity index (χ1v) is 9.37. The van der Waals surface area contributed by atoms with E-state index in [9.17, 15) is 15.0 Å². The molecule has 0 spiro atoms. The van der Waals surface area contributed by atoms with E-state index in [0.717, 1.165) is 31.3 Å². The van der Waals surface area contributed by atoms with E-state index >= 15 is 0 Å². The molecule has 0 radical (unpaired) electrons. The highest BCUT2D eigenvalue weighted by atomic mass is 16.3. The van der Waals surface area contributed by atoms with Gasteiger partial charge in [-0.25, -0.2) is 0 Å². The summed E-state index contributed by atoms with van der Waals surface area (Å²) in [6.45, 7) is 6.64. The Morgan fingerprint density at radius 3 is 2.58 bits per heavy atom. The van der Waals surface area contributed by atoms with Crippen LogP contribution < -0.4 is 0 Å². The molecule has 3 heteroatoms. The van der Waals surface area contributed by atoms with E-state index in [-0.39, 0.29) is 5.76 Å². The van der Waals surface area contributed by atoms with Crippen LogP contribution in [0.5, 0.6) is 0 Å². The first-order chi connectivity index (χ1) is 11.3. The molecule has 4 aliphatic carbocycles. The average Bonchev–Trinajstić information content (AvgIpc) is 2.91. The molecule has 3 saturated carbocycles. The summed E-state index contributed by atoms with van der Waals surface area (Å²) < 4.78 is 0. The number of hydrogen-bond acceptors (Lipinski definition) is 3. The summed E-state index contributed by atoms with van der Waals surface area (Å²) in [5.74, 6) is 0.599. The zero-order valence-corrected chi connectivity index (χ0v) is 14.9. The van der Waals surface area contributed by atoms with Crippen LogP contribution in [0.1, 0.15) is 59.3 Å². The highest BCUT2D eigenvalue weighted by molar-refractivity contribution is 6.04. The van der Waals surface area contributed by atoms with Gasteiger partial charge in [0, 0.05) is 0 Å². The van der Waals surface area contributed by atoms with E-state index in [4.69, 9.17) is 0 Å². The van der Waals surface area contributed by atoms with Crippen molar-refractivity contribution >= 4 is 5.78 Å². The molecule has 4 aliphatic rings. The van der Waals surface area contributed by atoms with Crippen molar-refractivity contribution in [3.63, 3.8) is 0 Å².